The highest BCUT2D eigenvalue weighted by molar-refractivity contribution is 8.02. The fourth-order valence-corrected chi connectivity index (χ4v) is 0.989. The Morgan fingerprint density at radius 3 is 2.78 bits per heavy atom. The highest BCUT2D eigenvalue weighted by Crippen LogP contribution is 2.02. The van der Waals surface area contributed by atoms with Crippen molar-refractivity contribution in [3.05, 3.63) is 11.5 Å². The average molecular weight is 144 g/mol. The van der Waals surface area contributed by atoms with Crippen molar-refractivity contribution >= 4 is 17.5 Å². The second-order valence-corrected chi connectivity index (χ2v) is 2.80. The number of allylic oxidation sites excluding steroid dienone is 1. The Balaban J connectivity index is 3.15. The largest absolute Gasteiger partial charge is 0.295 e. The first-order valence-electron chi connectivity index (χ1n) is 3.06. The maximum atomic E-state index is 10.3. The monoisotopic (exact) mass is 144 g/mol. The fraction of sp³-hybridized carbons (Fsp3) is 0.571. The summed E-state index contributed by atoms with van der Waals surface area (Å²) in [7, 11) is 0. The van der Waals surface area contributed by atoms with Gasteiger partial charge in [0.05, 0.1) is 0 Å². The van der Waals surface area contributed by atoms with Gasteiger partial charge in [0.25, 0.3) is 0 Å². The minimum absolute atomic E-state index is 0.124. The van der Waals surface area contributed by atoms with E-state index in [0.29, 0.717) is 0 Å². The van der Waals surface area contributed by atoms with Crippen LogP contribution in [-0.4, -0.2) is 11.5 Å². The number of rotatable bonds is 4. The Morgan fingerprint density at radius 2 is 2.33 bits per heavy atom. The first kappa shape index (κ1) is 8.76. The van der Waals surface area contributed by atoms with Crippen LogP contribution in [0.25, 0.3) is 0 Å². The summed E-state index contributed by atoms with van der Waals surface area (Å²) < 4.78 is 0. The maximum absolute atomic E-state index is 10.3. The van der Waals surface area contributed by atoms with Crippen LogP contribution in [0.3, 0.4) is 0 Å². The third-order valence-electron chi connectivity index (χ3n) is 0.721. The minimum Gasteiger partial charge on any atom is -0.295 e. The topological polar surface area (TPSA) is 17.1 Å². The van der Waals surface area contributed by atoms with Gasteiger partial charge in [0, 0.05) is 0 Å². The van der Waals surface area contributed by atoms with E-state index >= 15 is 0 Å². The van der Waals surface area contributed by atoms with Gasteiger partial charge in [-0.1, -0.05) is 6.92 Å². The van der Waals surface area contributed by atoms with Crippen molar-refractivity contribution in [1.29, 1.82) is 0 Å². The number of carbonyl (C=O) groups is 1. The van der Waals surface area contributed by atoms with E-state index in [1.807, 2.05) is 5.41 Å². The van der Waals surface area contributed by atoms with Gasteiger partial charge in [0.1, 0.15) is 0 Å². The molecule has 0 aliphatic heterocycles. The Labute approximate surface area is 60.5 Å². The number of ketones is 1. The van der Waals surface area contributed by atoms with E-state index in [-0.39, 0.29) is 5.78 Å². The van der Waals surface area contributed by atoms with E-state index in [1.54, 1.807) is 24.8 Å². The van der Waals surface area contributed by atoms with Crippen LogP contribution < -0.4 is 0 Å². The molecule has 0 heterocycles. The van der Waals surface area contributed by atoms with Gasteiger partial charge in [-0.3, -0.25) is 4.79 Å². The molecule has 0 bridgehead atoms. The molecule has 9 heavy (non-hydrogen) atoms. The zero-order valence-corrected chi connectivity index (χ0v) is 6.70. The Hall–Kier alpha value is -0.240. The molecule has 52 valence electrons. The Kier molecular flexibility index (Phi) is 5.73. The van der Waals surface area contributed by atoms with Gasteiger partial charge >= 0.3 is 0 Å². The normalized spacial score (nSPS) is 10.4. The highest BCUT2D eigenvalue weighted by Gasteiger charge is 1.80. The van der Waals surface area contributed by atoms with Crippen molar-refractivity contribution < 1.29 is 4.79 Å². The van der Waals surface area contributed by atoms with Crippen molar-refractivity contribution in [1.82, 2.24) is 0 Å². The molecule has 0 aromatic carbocycles. The number of hydrogen-bond acceptors (Lipinski definition) is 2. The van der Waals surface area contributed by atoms with Gasteiger partial charge in [0.15, 0.2) is 5.78 Å². The minimum atomic E-state index is 0.124. The van der Waals surface area contributed by atoms with E-state index < -0.39 is 0 Å². The molecule has 0 saturated carbocycles. The quantitative estimate of drug-likeness (QED) is 0.444. The Morgan fingerprint density at radius 1 is 1.67 bits per heavy atom. The lowest BCUT2D eigenvalue weighted by Crippen LogP contribution is -1.78. The lowest BCUT2D eigenvalue weighted by Gasteiger charge is -1.85. The molecule has 0 fully saturated rings. The molecule has 0 atom stereocenters. The summed E-state index contributed by atoms with van der Waals surface area (Å²) >= 11 is 1.68. The molecule has 0 aliphatic carbocycles. The molecule has 0 saturated heterocycles. The zero-order valence-electron chi connectivity index (χ0n) is 5.89. The van der Waals surface area contributed by atoms with E-state index in [9.17, 15) is 4.79 Å². The van der Waals surface area contributed by atoms with Gasteiger partial charge in [-0.2, -0.15) is 0 Å². The van der Waals surface area contributed by atoms with E-state index in [0.717, 1.165) is 12.2 Å². The van der Waals surface area contributed by atoms with Gasteiger partial charge in [-0.15, -0.1) is 11.8 Å². The molecule has 0 rings (SSSR count). The average Bonchev–Trinajstić information content (AvgIpc) is 1.80. The summed E-state index contributed by atoms with van der Waals surface area (Å²) in [4.78, 5) is 10.3. The SMILES string of the molecule is CCCSC=CC(C)=O. The molecule has 0 aliphatic rings. The van der Waals surface area contributed by atoms with Crippen molar-refractivity contribution in [3.8, 4) is 0 Å². The number of hydrogen-bond donors (Lipinski definition) is 0. The van der Waals surface area contributed by atoms with Crippen LogP contribution in [-0.2, 0) is 4.79 Å². The van der Waals surface area contributed by atoms with Crippen LogP contribution in [0.5, 0.6) is 0 Å². The summed E-state index contributed by atoms with van der Waals surface area (Å²) in [6, 6.07) is 0. The first-order chi connectivity index (χ1) is 4.27. The third-order valence-corrected chi connectivity index (χ3v) is 1.69. The molecule has 0 unspecified atom stereocenters. The van der Waals surface area contributed by atoms with Crippen LogP contribution in [0, 0.1) is 0 Å². The van der Waals surface area contributed by atoms with Crippen LogP contribution in [0.4, 0.5) is 0 Å². The molecule has 0 aromatic rings. The molecule has 0 spiro atoms. The predicted octanol–water partition coefficient (Wildman–Crippen LogP) is 2.23. The Bertz CT molecular complexity index is 107. The molecular formula is C7H12OS. The fourth-order valence-electron chi connectivity index (χ4n) is 0.330. The van der Waals surface area contributed by atoms with Gasteiger partial charge in [-0.25, -0.2) is 0 Å². The predicted molar refractivity (Wildman–Crippen MR) is 42.6 cm³/mol. The molecule has 0 radical (unpaired) electrons. The number of thioether (sulfide) groups is 1. The molecular weight excluding hydrogens is 132 g/mol. The van der Waals surface area contributed by atoms with Crippen LogP contribution in [0.15, 0.2) is 11.5 Å². The van der Waals surface area contributed by atoms with Crippen molar-refractivity contribution in [2.24, 2.45) is 0 Å². The molecule has 0 N–H and O–H groups in total. The maximum Gasteiger partial charge on any atom is 0.153 e. The summed E-state index contributed by atoms with van der Waals surface area (Å²) in [5.74, 6) is 1.22. The highest BCUT2D eigenvalue weighted by atomic mass is 32.2. The van der Waals surface area contributed by atoms with Gasteiger partial charge < -0.3 is 0 Å². The second kappa shape index (κ2) is 5.89. The lowest BCUT2D eigenvalue weighted by atomic mass is 10.5. The molecule has 0 aromatic heterocycles. The third kappa shape index (κ3) is 7.76. The summed E-state index contributed by atoms with van der Waals surface area (Å²) in [6.45, 7) is 3.68. The van der Waals surface area contributed by atoms with E-state index in [2.05, 4.69) is 6.92 Å². The summed E-state index contributed by atoms with van der Waals surface area (Å²) in [5, 5.41) is 1.85. The summed E-state index contributed by atoms with van der Waals surface area (Å²) in [5.41, 5.74) is 0. The molecule has 0 amide bonds. The van der Waals surface area contributed by atoms with Crippen molar-refractivity contribution in [2.75, 3.05) is 5.75 Å². The van der Waals surface area contributed by atoms with Crippen LogP contribution in [0.2, 0.25) is 0 Å². The van der Waals surface area contributed by atoms with E-state index in [1.165, 1.54) is 0 Å². The smallest absolute Gasteiger partial charge is 0.153 e. The first-order valence-corrected chi connectivity index (χ1v) is 4.11. The summed E-state index contributed by atoms with van der Waals surface area (Å²) in [6.07, 6.45) is 2.76. The zero-order chi connectivity index (χ0) is 7.11. The van der Waals surface area contributed by atoms with Crippen LogP contribution >= 0.6 is 11.8 Å². The number of carbonyl (C=O) groups excluding carboxylic acids is 1. The standard InChI is InChI=1S/C7H12OS/c1-3-5-9-6-4-7(2)8/h4,6H,3,5H2,1-2H3. The second-order valence-electron chi connectivity index (χ2n) is 1.78. The van der Waals surface area contributed by atoms with Gasteiger partial charge in [0.2, 0.25) is 0 Å². The molecule has 1 nitrogen and oxygen atoms in total. The van der Waals surface area contributed by atoms with Crippen LogP contribution in [0.1, 0.15) is 20.3 Å². The van der Waals surface area contributed by atoms with Crippen molar-refractivity contribution in [3.63, 3.8) is 0 Å². The van der Waals surface area contributed by atoms with Gasteiger partial charge in [-0.05, 0) is 30.6 Å². The lowest BCUT2D eigenvalue weighted by molar-refractivity contribution is -0.112. The molecule has 2 heteroatoms. The van der Waals surface area contributed by atoms with Crippen molar-refractivity contribution in [2.45, 2.75) is 20.3 Å². The van der Waals surface area contributed by atoms with E-state index in [4.69, 9.17) is 0 Å².